The van der Waals surface area contributed by atoms with Gasteiger partial charge in [-0.3, -0.25) is 0 Å². The smallest absolute Gasteiger partial charge is 1.00 e. The largest absolute Gasteiger partial charge is 1.00 e. The van der Waals surface area contributed by atoms with E-state index >= 15 is 0 Å². The molecule has 0 radical (unpaired) electrons. The van der Waals surface area contributed by atoms with Crippen LogP contribution in [0.1, 0.15) is 19.8 Å². The second-order valence-electron chi connectivity index (χ2n) is 1.22. The van der Waals surface area contributed by atoms with Crippen LogP contribution in [0.5, 0.6) is 0 Å². The molecule has 0 aromatic carbocycles. The fourth-order valence-corrected chi connectivity index (χ4v) is 0.228. The molecule has 8 heavy (non-hydrogen) atoms. The summed E-state index contributed by atoms with van der Waals surface area (Å²) < 4.78 is 4.28. The van der Waals surface area contributed by atoms with Gasteiger partial charge in [0.25, 0.3) is 0 Å². The van der Waals surface area contributed by atoms with Crippen molar-refractivity contribution in [1.29, 1.82) is 0 Å². The number of rotatable bonds is 3. The maximum atomic E-state index is 4.71. The van der Waals surface area contributed by atoms with Gasteiger partial charge in [0.1, 0.15) is 0 Å². The molecule has 0 aromatic rings. The van der Waals surface area contributed by atoms with Gasteiger partial charge in [0, 0.05) is 0 Å². The van der Waals surface area contributed by atoms with Crippen LogP contribution in [0.3, 0.4) is 0 Å². The second kappa shape index (κ2) is 15.6. The van der Waals surface area contributed by atoms with Gasteiger partial charge in [0.05, 0.1) is 0 Å². The number of hydrogen-bond acceptors (Lipinski definition) is 1. The Morgan fingerprint density at radius 3 is 2.00 bits per heavy atom. The van der Waals surface area contributed by atoms with Crippen molar-refractivity contribution in [3.05, 3.63) is 0 Å². The second-order valence-corrected chi connectivity index (χ2v) is 1.22. The van der Waals surface area contributed by atoms with Crippen LogP contribution in [-0.4, -0.2) is 14.7 Å². The zero-order chi connectivity index (χ0) is 4.83. The molecule has 0 aliphatic carbocycles. The Balaban J connectivity index is -0.000000125. The van der Waals surface area contributed by atoms with Crippen LogP contribution in [-0.2, 0) is 4.65 Å². The Bertz CT molecular complexity index is 26.0. The van der Waals surface area contributed by atoms with Gasteiger partial charge < -0.3 is 24.8 Å². The van der Waals surface area contributed by atoms with E-state index in [1.165, 1.54) is 0 Å². The van der Waals surface area contributed by atoms with Crippen LogP contribution >= 0.6 is 0 Å². The fourth-order valence-electron chi connectivity index (χ4n) is 0.228. The quantitative estimate of drug-likeness (QED) is 0.292. The average Bonchev–Trinajstić information content (AvgIpc) is 1.61. The van der Waals surface area contributed by atoms with Crippen molar-refractivity contribution in [3.8, 4) is 0 Å². The minimum absolute atomic E-state index is 0. The topological polar surface area (TPSA) is 9.23 Å². The van der Waals surface area contributed by atoms with Gasteiger partial charge in [-0.15, -0.1) is 0 Å². The molecular weight excluding hydrogens is 146 g/mol. The molecule has 0 aliphatic rings. The summed E-state index contributed by atoms with van der Waals surface area (Å²) in [4.78, 5) is 0. The third-order valence-corrected chi connectivity index (χ3v) is 0.616. The molecule has 0 amide bonds. The number of halogens is 2. The summed E-state index contributed by atoms with van der Waals surface area (Å²) in [5.41, 5.74) is 0. The third kappa shape index (κ3) is 16.0. The summed E-state index contributed by atoms with van der Waals surface area (Å²) in [7, 11) is 4.71. The average molecular weight is 155 g/mol. The standard InChI is InChI=1S/C4H9BO.2ClH/c1-2-3-4-6-5;;/h2-4H2,1H3;2*1H/q+2;;/p-2. The first kappa shape index (κ1) is 15.8. The molecule has 0 heterocycles. The van der Waals surface area contributed by atoms with E-state index in [0.29, 0.717) is 6.61 Å². The van der Waals surface area contributed by atoms with Gasteiger partial charge in [-0.2, -0.15) is 0 Å². The maximum absolute atomic E-state index is 4.71. The van der Waals surface area contributed by atoms with Crippen molar-refractivity contribution in [2.24, 2.45) is 0 Å². The van der Waals surface area contributed by atoms with Gasteiger partial charge in [-0.1, -0.05) is 0 Å². The minimum atomic E-state index is 0. The van der Waals surface area contributed by atoms with E-state index in [2.05, 4.69) is 11.6 Å². The van der Waals surface area contributed by atoms with E-state index in [4.69, 9.17) is 8.05 Å². The summed E-state index contributed by atoms with van der Waals surface area (Å²) >= 11 is 0. The van der Waals surface area contributed by atoms with Crippen molar-refractivity contribution in [2.75, 3.05) is 6.61 Å². The Morgan fingerprint density at radius 1 is 1.38 bits per heavy atom. The molecule has 0 aliphatic heterocycles. The molecule has 0 spiro atoms. The van der Waals surface area contributed by atoms with Crippen molar-refractivity contribution in [2.45, 2.75) is 19.8 Å². The normalized spacial score (nSPS) is 6.88. The summed E-state index contributed by atoms with van der Waals surface area (Å²) in [6.07, 6.45) is 2.22. The molecule has 0 saturated carbocycles. The number of unbranched alkanes of at least 4 members (excludes halogenated alkanes) is 1. The first-order valence-electron chi connectivity index (χ1n) is 2.23. The molecular formula is C4H9BCl2O. The zero-order valence-corrected chi connectivity index (χ0v) is 6.37. The van der Waals surface area contributed by atoms with Crippen molar-refractivity contribution in [1.82, 2.24) is 0 Å². The van der Waals surface area contributed by atoms with Gasteiger partial charge in [-0.05, 0) is 0 Å². The molecule has 0 unspecified atom stereocenters. The first-order chi connectivity index (χ1) is 2.91. The molecule has 0 aromatic heterocycles. The van der Waals surface area contributed by atoms with Gasteiger partial charge in [0.15, 0.2) is 0 Å². The van der Waals surface area contributed by atoms with Crippen LogP contribution < -0.4 is 24.8 Å². The van der Waals surface area contributed by atoms with Gasteiger partial charge >= 0.3 is 39.1 Å². The van der Waals surface area contributed by atoms with E-state index in [1.807, 2.05) is 0 Å². The van der Waals surface area contributed by atoms with Gasteiger partial charge in [-0.25, -0.2) is 0 Å². The Morgan fingerprint density at radius 2 is 1.88 bits per heavy atom. The minimum Gasteiger partial charge on any atom is -1.00 e. The zero-order valence-electron chi connectivity index (χ0n) is 4.86. The maximum Gasteiger partial charge on any atom is -1.00 e. The molecule has 0 saturated heterocycles. The summed E-state index contributed by atoms with van der Waals surface area (Å²) in [6.45, 7) is 2.79. The molecule has 4 heteroatoms. The summed E-state index contributed by atoms with van der Waals surface area (Å²) in [6, 6.07) is 0. The summed E-state index contributed by atoms with van der Waals surface area (Å²) in [5.74, 6) is 0. The molecule has 0 rings (SSSR count). The van der Waals surface area contributed by atoms with E-state index in [-0.39, 0.29) is 24.8 Å². The van der Waals surface area contributed by atoms with Crippen LogP contribution in [0.2, 0.25) is 0 Å². The third-order valence-electron chi connectivity index (χ3n) is 0.616. The predicted octanol–water partition coefficient (Wildman–Crippen LogP) is -5.11. The molecule has 1 nitrogen and oxygen atoms in total. The van der Waals surface area contributed by atoms with Crippen LogP contribution in [0, 0.1) is 0 Å². The molecule has 48 valence electrons. The van der Waals surface area contributed by atoms with E-state index < -0.39 is 0 Å². The fraction of sp³-hybridized carbons (Fsp3) is 1.00. The first-order valence-corrected chi connectivity index (χ1v) is 2.23. The predicted molar refractivity (Wildman–Crippen MR) is 26.6 cm³/mol. The Kier molecular flexibility index (Phi) is 31.0. The van der Waals surface area contributed by atoms with E-state index in [1.54, 1.807) is 0 Å². The van der Waals surface area contributed by atoms with Crippen molar-refractivity contribution in [3.63, 3.8) is 0 Å². The Labute approximate surface area is 64.4 Å². The molecule has 0 fully saturated rings. The van der Waals surface area contributed by atoms with Crippen molar-refractivity contribution >= 4 is 8.05 Å². The Hall–Kier alpha value is 0.605. The number of hydrogen-bond donors (Lipinski definition) is 0. The van der Waals surface area contributed by atoms with Crippen LogP contribution in [0.25, 0.3) is 0 Å². The SMILES string of the molecule is [B+2]OCCCC.[Cl-].[Cl-]. The monoisotopic (exact) mass is 154 g/mol. The van der Waals surface area contributed by atoms with Crippen LogP contribution in [0.4, 0.5) is 0 Å². The van der Waals surface area contributed by atoms with E-state index in [0.717, 1.165) is 12.8 Å². The van der Waals surface area contributed by atoms with Crippen LogP contribution in [0.15, 0.2) is 0 Å². The molecule has 0 bridgehead atoms. The molecule has 0 atom stereocenters. The van der Waals surface area contributed by atoms with E-state index in [9.17, 15) is 0 Å². The van der Waals surface area contributed by atoms with Gasteiger partial charge in [0.2, 0.25) is 0 Å². The summed E-state index contributed by atoms with van der Waals surface area (Å²) in [5, 5.41) is 0. The van der Waals surface area contributed by atoms with Crippen molar-refractivity contribution < 1.29 is 29.5 Å². The molecule has 0 N–H and O–H groups in total.